The van der Waals surface area contributed by atoms with E-state index in [2.05, 4.69) is 0 Å². The van der Waals surface area contributed by atoms with E-state index >= 15 is 0 Å². The minimum Gasteiger partial charge on any atom is -0.465 e. The second kappa shape index (κ2) is 2.62. The molecule has 12 heavy (non-hydrogen) atoms. The molecule has 0 aromatic carbocycles. The number of rotatable bonds is 0. The maximum atomic E-state index is 10.6. The van der Waals surface area contributed by atoms with Gasteiger partial charge in [0.2, 0.25) is 0 Å². The fourth-order valence-corrected chi connectivity index (χ4v) is 2.46. The molecule has 1 aliphatic carbocycles. The average Bonchev–Trinajstić information content (AvgIpc) is 2.53. The molecular formula is C8H14N2O2. The van der Waals surface area contributed by atoms with Crippen LogP contribution >= 0.6 is 0 Å². The molecule has 2 rings (SSSR count). The smallest absolute Gasteiger partial charge is 0.407 e. The number of carbonyl (C=O) groups is 1. The standard InChI is InChI=1S/C8H14N2O2/c9-7-2-1-5-3-10(8(11)12)4-6(5)7/h5-7H,1-4,9H2,(H,11,12)/t5-,6+,7-/m1/s1. The van der Waals surface area contributed by atoms with E-state index in [9.17, 15) is 4.79 Å². The first kappa shape index (κ1) is 7.86. The highest BCUT2D eigenvalue weighted by atomic mass is 16.4. The Kier molecular flexibility index (Phi) is 1.72. The summed E-state index contributed by atoms with van der Waals surface area (Å²) in [4.78, 5) is 12.1. The van der Waals surface area contributed by atoms with Gasteiger partial charge in [0, 0.05) is 19.1 Å². The highest BCUT2D eigenvalue weighted by Crippen LogP contribution is 2.36. The van der Waals surface area contributed by atoms with Gasteiger partial charge in [-0.15, -0.1) is 0 Å². The zero-order chi connectivity index (χ0) is 8.72. The van der Waals surface area contributed by atoms with E-state index in [1.54, 1.807) is 0 Å². The lowest BCUT2D eigenvalue weighted by Gasteiger charge is -2.14. The van der Waals surface area contributed by atoms with Crippen molar-refractivity contribution >= 4 is 6.09 Å². The number of nitrogens with two attached hydrogens (primary N) is 1. The van der Waals surface area contributed by atoms with Crippen LogP contribution in [0.3, 0.4) is 0 Å². The van der Waals surface area contributed by atoms with E-state index in [0.717, 1.165) is 12.8 Å². The molecule has 0 aromatic heterocycles. The van der Waals surface area contributed by atoms with Crippen molar-refractivity contribution in [2.45, 2.75) is 18.9 Å². The van der Waals surface area contributed by atoms with Crippen LogP contribution < -0.4 is 5.73 Å². The first-order valence-corrected chi connectivity index (χ1v) is 4.42. The van der Waals surface area contributed by atoms with Crippen LogP contribution in [0.1, 0.15) is 12.8 Å². The molecule has 3 atom stereocenters. The topological polar surface area (TPSA) is 66.6 Å². The van der Waals surface area contributed by atoms with Crippen molar-refractivity contribution in [1.82, 2.24) is 4.90 Å². The Balaban J connectivity index is 2.03. The van der Waals surface area contributed by atoms with Crippen LogP contribution in [0.5, 0.6) is 0 Å². The summed E-state index contributed by atoms with van der Waals surface area (Å²) in [7, 11) is 0. The first-order chi connectivity index (χ1) is 5.68. The van der Waals surface area contributed by atoms with Crippen molar-refractivity contribution in [1.29, 1.82) is 0 Å². The lowest BCUT2D eigenvalue weighted by molar-refractivity contribution is 0.152. The molecule has 1 aliphatic heterocycles. The number of nitrogens with zero attached hydrogens (tertiary/aromatic N) is 1. The van der Waals surface area contributed by atoms with Gasteiger partial charge in [-0.05, 0) is 24.7 Å². The molecule has 0 bridgehead atoms. The molecule has 0 spiro atoms. The highest BCUT2D eigenvalue weighted by molar-refractivity contribution is 5.65. The average molecular weight is 170 g/mol. The molecule has 3 N–H and O–H groups in total. The third kappa shape index (κ3) is 1.06. The van der Waals surface area contributed by atoms with Crippen LogP contribution in [0.25, 0.3) is 0 Å². The van der Waals surface area contributed by atoms with Crippen LogP contribution in [0.2, 0.25) is 0 Å². The number of likely N-dealkylation sites (tertiary alicyclic amines) is 1. The van der Waals surface area contributed by atoms with E-state index in [0.29, 0.717) is 24.9 Å². The molecule has 4 heteroatoms. The van der Waals surface area contributed by atoms with Gasteiger partial charge in [0.05, 0.1) is 0 Å². The fourth-order valence-electron chi connectivity index (χ4n) is 2.46. The SMILES string of the molecule is N[C@@H]1CC[C@@H]2CN(C(=O)O)C[C@@H]21. The minimum absolute atomic E-state index is 0.236. The van der Waals surface area contributed by atoms with Gasteiger partial charge in [-0.1, -0.05) is 0 Å². The number of hydrogen-bond donors (Lipinski definition) is 2. The molecule has 1 saturated carbocycles. The number of carboxylic acid groups (broad SMARTS) is 1. The molecule has 1 saturated heterocycles. The van der Waals surface area contributed by atoms with Crippen LogP contribution in [-0.4, -0.2) is 35.2 Å². The number of amides is 1. The largest absolute Gasteiger partial charge is 0.465 e. The Morgan fingerprint density at radius 1 is 1.42 bits per heavy atom. The molecule has 0 radical (unpaired) electrons. The molecule has 2 aliphatic rings. The second-order valence-electron chi connectivity index (χ2n) is 3.85. The van der Waals surface area contributed by atoms with Crippen molar-refractivity contribution in [2.24, 2.45) is 17.6 Å². The molecule has 1 heterocycles. The summed E-state index contributed by atoms with van der Waals surface area (Å²) in [6, 6.07) is 0.236. The predicted molar refractivity (Wildman–Crippen MR) is 43.8 cm³/mol. The van der Waals surface area contributed by atoms with Crippen LogP contribution in [-0.2, 0) is 0 Å². The molecule has 2 fully saturated rings. The van der Waals surface area contributed by atoms with Gasteiger partial charge >= 0.3 is 6.09 Å². The first-order valence-electron chi connectivity index (χ1n) is 4.42. The molecular weight excluding hydrogens is 156 g/mol. The summed E-state index contributed by atoms with van der Waals surface area (Å²) in [5, 5.41) is 8.74. The zero-order valence-corrected chi connectivity index (χ0v) is 6.94. The third-order valence-corrected chi connectivity index (χ3v) is 3.18. The summed E-state index contributed by atoms with van der Waals surface area (Å²) in [6.45, 7) is 1.36. The lowest BCUT2D eigenvalue weighted by Crippen LogP contribution is -2.32. The summed E-state index contributed by atoms with van der Waals surface area (Å²) in [5.41, 5.74) is 5.86. The molecule has 0 aromatic rings. The van der Waals surface area contributed by atoms with Crippen molar-refractivity contribution in [3.05, 3.63) is 0 Å². The van der Waals surface area contributed by atoms with Crippen molar-refractivity contribution in [3.63, 3.8) is 0 Å². The Hall–Kier alpha value is -0.770. The van der Waals surface area contributed by atoms with Gasteiger partial charge in [-0.2, -0.15) is 0 Å². The summed E-state index contributed by atoms with van der Waals surface area (Å²) in [6.07, 6.45) is 1.38. The van der Waals surface area contributed by atoms with Crippen LogP contribution in [0.15, 0.2) is 0 Å². The Bertz CT molecular complexity index is 207. The Morgan fingerprint density at radius 3 is 2.75 bits per heavy atom. The highest BCUT2D eigenvalue weighted by Gasteiger charge is 2.42. The summed E-state index contributed by atoms with van der Waals surface area (Å²) < 4.78 is 0. The predicted octanol–water partition coefficient (Wildman–Crippen LogP) is 0.334. The van der Waals surface area contributed by atoms with E-state index in [4.69, 9.17) is 10.8 Å². The van der Waals surface area contributed by atoms with E-state index in [1.165, 1.54) is 4.90 Å². The number of hydrogen-bond acceptors (Lipinski definition) is 2. The van der Waals surface area contributed by atoms with Crippen molar-refractivity contribution in [2.75, 3.05) is 13.1 Å². The van der Waals surface area contributed by atoms with Gasteiger partial charge in [0.15, 0.2) is 0 Å². The molecule has 1 amide bonds. The Labute approximate surface area is 71.3 Å². The fraction of sp³-hybridized carbons (Fsp3) is 0.875. The maximum Gasteiger partial charge on any atom is 0.407 e. The van der Waals surface area contributed by atoms with Crippen LogP contribution in [0, 0.1) is 11.8 Å². The second-order valence-corrected chi connectivity index (χ2v) is 3.85. The molecule has 4 nitrogen and oxygen atoms in total. The normalized spacial score (nSPS) is 40.1. The minimum atomic E-state index is -0.795. The van der Waals surface area contributed by atoms with E-state index in [-0.39, 0.29) is 6.04 Å². The zero-order valence-electron chi connectivity index (χ0n) is 6.94. The van der Waals surface area contributed by atoms with Gasteiger partial charge < -0.3 is 15.7 Å². The number of fused-ring (bicyclic) bond motifs is 1. The molecule has 68 valence electrons. The van der Waals surface area contributed by atoms with Crippen molar-refractivity contribution in [3.8, 4) is 0 Å². The maximum absolute atomic E-state index is 10.6. The van der Waals surface area contributed by atoms with Crippen molar-refractivity contribution < 1.29 is 9.90 Å². The van der Waals surface area contributed by atoms with Gasteiger partial charge in [-0.25, -0.2) is 4.79 Å². The monoisotopic (exact) mass is 170 g/mol. The quantitative estimate of drug-likeness (QED) is 0.550. The molecule has 0 unspecified atom stereocenters. The van der Waals surface area contributed by atoms with Crippen LogP contribution in [0.4, 0.5) is 4.79 Å². The van der Waals surface area contributed by atoms with E-state index in [1.807, 2.05) is 0 Å². The van der Waals surface area contributed by atoms with Gasteiger partial charge in [0.25, 0.3) is 0 Å². The summed E-state index contributed by atoms with van der Waals surface area (Å²) in [5.74, 6) is 0.970. The third-order valence-electron chi connectivity index (χ3n) is 3.18. The van der Waals surface area contributed by atoms with Gasteiger partial charge in [0.1, 0.15) is 0 Å². The Morgan fingerprint density at radius 2 is 2.17 bits per heavy atom. The van der Waals surface area contributed by atoms with Gasteiger partial charge in [-0.3, -0.25) is 0 Å². The lowest BCUT2D eigenvalue weighted by atomic mass is 9.98. The summed E-state index contributed by atoms with van der Waals surface area (Å²) >= 11 is 0. The van der Waals surface area contributed by atoms with E-state index < -0.39 is 6.09 Å².